The Hall–Kier alpha value is -2.29. The number of para-hydroxylation sites is 1. The van der Waals surface area contributed by atoms with Crippen molar-refractivity contribution in [1.29, 1.82) is 0 Å². The van der Waals surface area contributed by atoms with E-state index in [0.29, 0.717) is 13.0 Å². The van der Waals surface area contributed by atoms with Crippen LogP contribution in [0.15, 0.2) is 54.6 Å². The SMILES string of the molecule is CCN(CCC(=O)NCc1ccccc1C)c1ccccc1. The topological polar surface area (TPSA) is 32.3 Å². The monoisotopic (exact) mass is 296 g/mol. The number of nitrogens with zero attached hydrogens (tertiary/aromatic N) is 1. The number of hydrogen-bond donors (Lipinski definition) is 1. The van der Waals surface area contributed by atoms with E-state index in [9.17, 15) is 4.79 Å². The van der Waals surface area contributed by atoms with Gasteiger partial charge in [-0.25, -0.2) is 0 Å². The molecule has 0 spiro atoms. The second-order valence-electron chi connectivity index (χ2n) is 5.37. The van der Waals surface area contributed by atoms with E-state index in [2.05, 4.69) is 48.3 Å². The highest BCUT2D eigenvalue weighted by atomic mass is 16.1. The van der Waals surface area contributed by atoms with Crippen LogP contribution in [0.3, 0.4) is 0 Å². The van der Waals surface area contributed by atoms with E-state index in [0.717, 1.165) is 18.8 Å². The third kappa shape index (κ3) is 4.62. The van der Waals surface area contributed by atoms with Gasteiger partial charge in [0.05, 0.1) is 0 Å². The Bertz CT molecular complexity index is 595. The molecule has 0 saturated heterocycles. The summed E-state index contributed by atoms with van der Waals surface area (Å²) in [5, 5.41) is 3.01. The second-order valence-corrected chi connectivity index (χ2v) is 5.37. The van der Waals surface area contributed by atoms with Gasteiger partial charge in [-0.2, -0.15) is 0 Å². The minimum Gasteiger partial charge on any atom is -0.371 e. The fourth-order valence-corrected chi connectivity index (χ4v) is 2.44. The minimum atomic E-state index is 0.0950. The van der Waals surface area contributed by atoms with Gasteiger partial charge in [0.2, 0.25) is 5.91 Å². The zero-order valence-electron chi connectivity index (χ0n) is 13.4. The summed E-state index contributed by atoms with van der Waals surface area (Å²) in [6, 6.07) is 18.3. The second kappa shape index (κ2) is 8.23. The summed E-state index contributed by atoms with van der Waals surface area (Å²) in [7, 11) is 0. The third-order valence-corrected chi connectivity index (χ3v) is 3.85. The lowest BCUT2D eigenvalue weighted by Crippen LogP contribution is -2.30. The molecule has 0 aliphatic heterocycles. The van der Waals surface area contributed by atoms with Crippen molar-refractivity contribution in [2.24, 2.45) is 0 Å². The summed E-state index contributed by atoms with van der Waals surface area (Å²) < 4.78 is 0. The van der Waals surface area contributed by atoms with Crippen LogP contribution >= 0.6 is 0 Å². The van der Waals surface area contributed by atoms with E-state index in [1.54, 1.807) is 0 Å². The maximum Gasteiger partial charge on any atom is 0.222 e. The van der Waals surface area contributed by atoms with Crippen molar-refractivity contribution >= 4 is 11.6 Å². The largest absolute Gasteiger partial charge is 0.371 e. The van der Waals surface area contributed by atoms with Crippen molar-refractivity contribution in [2.75, 3.05) is 18.0 Å². The molecule has 3 nitrogen and oxygen atoms in total. The summed E-state index contributed by atoms with van der Waals surface area (Å²) in [6.45, 7) is 6.41. The summed E-state index contributed by atoms with van der Waals surface area (Å²) >= 11 is 0. The van der Waals surface area contributed by atoms with E-state index >= 15 is 0 Å². The number of nitrogens with one attached hydrogen (secondary N) is 1. The smallest absolute Gasteiger partial charge is 0.222 e. The highest BCUT2D eigenvalue weighted by Gasteiger charge is 2.07. The normalized spacial score (nSPS) is 10.3. The van der Waals surface area contributed by atoms with Gasteiger partial charge < -0.3 is 10.2 Å². The summed E-state index contributed by atoms with van der Waals surface area (Å²) in [4.78, 5) is 14.3. The van der Waals surface area contributed by atoms with Crippen LogP contribution in [0.2, 0.25) is 0 Å². The molecule has 0 atom stereocenters. The average Bonchev–Trinajstić information content (AvgIpc) is 2.55. The summed E-state index contributed by atoms with van der Waals surface area (Å²) in [5.74, 6) is 0.0950. The molecule has 22 heavy (non-hydrogen) atoms. The number of rotatable bonds is 7. The minimum absolute atomic E-state index is 0.0950. The van der Waals surface area contributed by atoms with E-state index in [1.807, 2.05) is 30.3 Å². The van der Waals surface area contributed by atoms with Gasteiger partial charge in [0.1, 0.15) is 0 Å². The van der Waals surface area contributed by atoms with Gasteiger partial charge >= 0.3 is 0 Å². The Morgan fingerprint density at radius 3 is 2.41 bits per heavy atom. The van der Waals surface area contributed by atoms with Crippen molar-refractivity contribution in [3.63, 3.8) is 0 Å². The molecule has 0 aliphatic carbocycles. The first-order valence-electron chi connectivity index (χ1n) is 7.82. The average molecular weight is 296 g/mol. The lowest BCUT2D eigenvalue weighted by atomic mass is 10.1. The predicted molar refractivity (Wildman–Crippen MR) is 92.0 cm³/mol. The molecule has 0 aliphatic rings. The van der Waals surface area contributed by atoms with Gasteiger partial charge in [-0.3, -0.25) is 4.79 Å². The van der Waals surface area contributed by atoms with Gasteiger partial charge in [-0.15, -0.1) is 0 Å². The Kier molecular flexibility index (Phi) is 6.01. The fraction of sp³-hybridized carbons (Fsp3) is 0.316. The molecule has 2 aromatic carbocycles. The third-order valence-electron chi connectivity index (χ3n) is 3.85. The number of carbonyl (C=O) groups excluding carboxylic acids is 1. The maximum atomic E-state index is 12.0. The van der Waals surface area contributed by atoms with E-state index in [-0.39, 0.29) is 5.91 Å². The number of amides is 1. The lowest BCUT2D eigenvalue weighted by Gasteiger charge is -2.22. The van der Waals surface area contributed by atoms with E-state index in [1.165, 1.54) is 11.1 Å². The zero-order valence-corrected chi connectivity index (χ0v) is 13.4. The quantitative estimate of drug-likeness (QED) is 0.847. The van der Waals surface area contributed by atoms with Crippen LogP contribution in [0.4, 0.5) is 5.69 Å². The fourth-order valence-electron chi connectivity index (χ4n) is 2.44. The van der Waals surface area contributed by atoms with Gasteiger partial charge in [-0.05, 0) is 37.1 Å². The number of aryl methyl sites for hydroxylation is 1. The van der Waals surface area contributed by atoms with Crippen LogP contribution in [-0.4, -0.2) is 19.0 Å². The van der Waals surface area contributed by atoms with Crippen molar-refractivity contribution in [2.45, 2.75) is 26.8 Å². The van der Waals surface area contributed by atoms with Crippen LogP contribution in [0, 0.1) is 6.92 Å². The Balaban J connectivity index is 1.81. The van der Waals surface area contributed by atoms with Crippen LogP contribution in [0.1, 0.15) is 24.5 Å². The number of carbonyl (C=O) groups is 1. The highest BCUT2D eigenvalue weighted by molar-refractivity contribution is 5.76. The first-order chi connectivity index (χ1) is 10.7. The van der Waals surface area contributed by atoms with E-state index < -0.39 is 0 Å². The molecule has 0 radical (unpaired) electrons. The first kappa shape index (κ1) is 16.1. The molecule has 0 bridgehead atoms. The molecular formula is C19H24N2O. The lowest BCUT2D eigenvalue weighted by molar-refractivity contribution is -0.121. The number of anilines is 1. The molecule has 116 valence electrons. The molecule has 0 aromatic heterocycles. The van der Waals surface area contributed by atoms with Crippen molar-refractivity contribution < 1.29 is 4.79 Å². The van der Waals surface area contributed by atoms with Crippen molar-refractivity contribution in [3.05, 3.63) is 65.7 Å². The standard InChI is InChI=1S/C19H24N2O/c1-3-21(18-11-5-4-6-12-18)14-13-19(22)20-15-17-10-8-7-9-16(17)2/h4-12H,3,13-15H2,1-2H3,(H,20,22). The van der Waals surface area contributed by atoms with Crippen LogP contribution in [0.25, 0.3) is 0 Å². The van der Waals surface area contributed by atoms with Crippen molar-refractivity contribution in [1.82, 2.24) is 5.32 Å². The maximum absolute atomic E-state index is 12.0. The molecule has 3 heteroatoms. The number of hydrogen-bond acceptors (Lipinski definition) is 2. The Labute approximate surface area is 133 Å². The number of benzene rings is 2. The zero-order chi connectivity index (χ0) is 15.8. The van der Waals surface area contributed by atoms with Gasteiger partial charge in [0.15, 0.2) is 0 Å². The molecule has 2 rings (SSSR count). The van der Waals surface area contributed by atoms with Gasteiger partial charge in [0.25, 0.3) is 0 Å². The van der Waals surface area contributed by atoms with Gasteiger partial charge in [-0.1, -0.05) is 42.5 Å². The Morgan fingerprint density at radius 1 is 1.05 bits per heavy atom. The highest BCUT2D eigenvalue weighted by Crippen LogP contribution is 2.13. The van der Waals surface area contributed by atoms with Crippen molar-refractivity contribution in [3.8, 4) is 0 Å². The molecule has 0 saturated carbocycles. The van der Waals surface area contributed by atoms with Crippen LogP contribution < -0.4 is 10.2 Å². The summed E-state index contributed by atoms with van der Waals surface area (Å²) in [5.41, 5.74) is 3.55. The molecule has 0 fully saturated rings. The molecule has 1 N–H and O–H groups in total. The first-order valence-corrected chi connectivity index (χ1v) is 7.82. The molecular weight excluding hydrogens is 272 g/mol. The predicted octanol–water partition coefficient (Wildman–Crippen LogP) is 3.53. The molecule has 2 aromatic rings. The molecule has 0 unspecified atom stereocenters. The summed E-state index contributed by atoms with van der Waals surface area (Å²) in [6.07, 6.45) is 0.509. The van der Waals surface area contributed by atoms with E-state index in [4.69, 9.17) is 0 Å². The Morgan fingerprint density at radius 2 is 1.73 bits per heavy atom. The van der Waals surface area contributed by atoms with Gasteiger partial charge in [0, 0.05) is 31.7 Å². The molecule has 1 amide bonds. The molecule has 0 heterocycles. The van der Waals surface area contributed by atoms with Crippen LogP contribution in [-0.2, 0) is 11.3 Å². The van der Waals surface area contributed by atoms with Crippen LogP contribution in [0.5, 0.6) is 0 Å².